The molecule has 3 atom stereocenters. The smallest absolute Gasteiger partial charge is 0.0969 e. The summed E-state index contributed by atoms with van der Waals surface area (Å²) in [6, 6.07) is 2.30. The first-order valence-corrected chi connectivity index (χ1v) is 4.79. The summed E-state index contributed by atoms with van der Waals surface area (Å²) in [7, 11) is 1.71. The zero-order valence-electron chi connectivity index (χ0n) is 8.87. The lowest BCUT2D eigenvalue weighted by Gasteiger charge is -2.58. The molecule has 0 radical (unpaired) electrons. The molecule has 3 heteroatoms. The van der Waals surface area contributed by atoms with Gasteiger partial charge in [-0.3, -0.25) is 0 Å². The van der Waals surface area contributed by atoms with Crippen LogP contribution in [0.4, 0.5) is 0 Å². The van der Waals surface area contributed by atoms with Gasteiger partial charge in [-0.25, -0.2) is 0 Å². The number of rotatable bonds is 0. The molecular weight excluding hydrogens is 164 g/mol. The summed E-state index contributed by atoms with van der Waals surface area (Å²) in [4.78, 5) is 0. The number of nitrogens with zero attached hydrogens (tertiary/aromatic N) is 2. The first-order chi connectivity index (χ1) is 5.83. The predicted octanol–water partition coefficient (Wildman–Crippen LogP) is 1.89. The van der Waals surface area contributed by atoms with Crippen molar-refractivity contribution in [3.05, 3.63) is 5.21 Å². The molecule has 13 heavy (non-hydrogen) atoms. The number of hydroxylamine groups is 3. The molecule has 0 aliphatic carbocycles. The van der Waals surface area contributed by atoms with Crippen molar-refractivity contribution in [2.75, 3.05) is 13.6 Å². The third-order valence-electron chi connectivity index (χ3n) is 3.97. The van der Waals surface area contributed by atoms with E-state index in [1.165, 1.54) is 0 Å². The first kappa shape index (κ1) is 10.5. The van der Waals surface area contributed by atoms with E-state index in [1.807, 2.05) is 20.8 Å². The van der Waals surface area contributed by atoms with Crippen molar-refractivity contribution < 1.29 is 4.65 Å². The van der Waals surface area contributed by atoms with Crippen LogP contribution >= 0.6 is 0 Å². The zero-order valence-corrected chi connectivity index (χ0v) is 8.87. The van der Waals surface area contributed by atoms with Crippen molar-refractivity contribution >= 4 is 0 Å². The molecule has 3 nitrogen and oxygen atoms in total. The van der Waals surface area contributed by atoms with Crippen molar-refractivity contribution in [2.45, 2.75) is 32.7 Å². The molecule has 0 N–H and O–H groups in total. The number of quaternary nitrogens is 1. The molecule has 1 aliphatic rings. The third kappa shape index (κ3) is 1.45. The molecule has 0 aromatic rings. The number of hydrogen-bond donors (Lipinski definition) is 0. The minimum atomic E-state index is -0.335. The Morgan fingerprint density at radius 1 is 1.54 bits per heavy atom. The second kappa shape index (κ2) is 2.97. The highest BCUT2D eigenvalue weighted by atomic mass is 16.5. The van der Waals surface area contributed by atoms with E-state index < -0.39 is 0 Å². The molecule has 0 spiro atoms. The van der Waals surface area contributed by atoms with Crippen LogP contribution in [0.5, 0.6) is 0 Å². The Morgan fingerprint density at radius 2 is 2.08 bits per heavy atom. The van der Waals surface area contributed by atoms with Crippen LogP contribution in [0.1, 0.15) is 27.2 Å². The molecule has 1 rings (SSSR count). The van der Waals surface area contributed by atoms with Crippen molar-refractivity contribution in [2.24, 2.45) is 11.8 Å². The van der Waals surface area contributed by atoms with Crippen LogP contribution in [-0.4, -0.2) is 23.8 Å². The van der Waals surface area contributed by atoms with Crippen LogP contribution < -0.4 is 0 Å². The monoisotopic (exact) mass is 182 g/mol. The summed E-state index contributed by atoms with van der Waals surface area (Å²) in [5, 5.41) is 21.0. The highest BCUT2D eigenvalue weighted by Crippen LogP contribution is 2.40. The van der Waals surface area contributed by atoms with Gasteiger partial charge in [0.25, 0.3) is 0 Å². The first-order valence-electron chi connectivity index (χ1n) is 4.79. The van der Waals surface area contributed by atoms with Gasteiger partial charge >= 0.3 is 0 Å². The van der Waals surface area contributed by atoms with Gasteiger partial charge in [0.15, 0.2) is 0 Å². The van der Waals surface area contributed by atoms with Crippen LogP contribution in [0.15, 0.2) is 0 Å². The molecule has 1 heterocycles. The van der Waals surface area contributed by atoms with Gasteiger partial charge in [-0.1, -0.05) is 6.92 Å². The molecule has 0 saturated carbocycles. The Kier molecular flexibility index (Phi) is 2.40. The predicted molar refractivity (Wildman–Crippen MR) is 51.4 cm³/mol. The fraction of sp³-hybridized carbons (Fsp3) is 0.900. The Labute approximate surface area is 80.1 Å². The van der Waals surface area contributed by atoms with Crippen LogP contribution in [0.3, 0.4) is 0 Å². The normalized spacial score (nSPS) is 44.0. The van der Waals surface area contributed by atoms with Gasteiger partial charge in [0.1, 0.15) is 0 Å². The van der Waals surface area contributed by atoms with E-state index in [9.17, 15) is 5.21 Å². The SMILES string of the molecule is CC1C(C#N)CC[N+](C)([O-])C1(C)C. The van der Waals surface area contributed by atoms with Crippen LogP contribution in [0.2, 0.25) is 0 Å². The lowest BCUT2D eigenvalue weighted by atomic mass is 9.73. The Bertz CT molecular complexity index is 240. The summed E-state index contributed by atoms with van der Waals surface area (Å²) in [6.07, 6.45) is 0.737. The van der Waals surface area contributed by atoms with Gasteiger partial charge in [0.05, 0.1) is 31.1 Å². The molecule has 1 aliphatic heterocycles. The van der Waals surface area contributed by atoms with Crippen molar-refractivity contribution in [3.63, 3.8) is 0 Å². The van der Waals surface area contributed by atoms with Crippen molar-refractivity contribution in [3.8, 4) is 6.07 Å². The van der Waals surface area contributed by atoms with E-state index in [1.54, 1.807) is 7.05 Å². The standard InChI is InChI=1S/C10H18N2O/c1-8-9(7-11)5-6-12(4,13)10(8,2)3/h8-9H,5-6H2,1-4H3. The number of nitriles is 1. The van der Waals surface area contributed by atoms with Gasteiger partial charge in [-0.2, -0.15) is 5.26 Å². The molecular formula is C10H18N2O. The van der Waals surface area contributed by atoms with E-state index in [4.69, 9.17) is 5.26 Å². The summed E-state index contributed by atoms with van der Waals surface area (Å²) in [6.45, 7) is 6.51. The topological polar surface area (TPSA) is 46.8 Å². The molecule has 3 unspecified atom stereocenters. The summed E-state index contributed by atoms with van der Waals surface area (Å²) >= 11 is 0. The fourth-order valence-corrected chi connectivity index (χ4v) is 2.02. The second-order valence-corrected chi connectivity index (χ2v) is 4.79. The average Bonchev–Trinajstić information content (AvgIpc) is 2.02. The summed E-state index contributed by atoms with van der Waals surface area (Å²) in [5.41, 5.74) is -0.335. The minimum absolute atomic E-state index is 0.0511. The van der Waals surface area contributed by atoms with Crippen molar-refractivity contribution in [1.29, 1.82) is 5.26 Å². The fourth-order valence-electron chi connectivity index (χ4n) is 2.02. The van der Waals surface area contributed by atoms with Crippen LogP contribution in [-0.2, 0) is 0 Å². The maximum atomic E-state index is 12.1. The lowest BCUT2D eigenvalue weighted by Crippen LogP contribution is -2.63. The van der Waals surface area contributed by atoms with Gasteiger partial charge in [0, 0.05) is 12.3 Å². The molecule has 0 aromatic heterocycles. The van der Waals surface area contributed by atoms with Crippen LogP contribution in [0, 0.1) is 28.4 Å². The van der Waals surface area contributed by atoms with E-state index >= 15 is 0 Å². The van der Waals surface area contributed by atoms with Gasteiger partial charge < -0.3 is 9.85 Å². The van der Waals surface area contributed by atoms with Crippen LogP contribution in [0.25, 0.3) is 0 Å². The third-order valence-corrected chi connectivity index (χ3v) is 3.97. The molecule has 0 bridgehead atoms. The van der Waals surface area contributed by atoms with E-state index in [0.717, 1.165) is 6.42 Å². The molecule has 74 valence electrons. The Morgan fingerprint density at radius 3 is 2.54 bits per heavy atom. The quantitative estimate of drug-likeness (QED) is 0.424. The van der Waals surface area contributed by atoms with E-state index in [0.29, 0.717) is 6.54 Å². The highest BCUT2D eigenvalue weighted by molar-refractivity contribution is 4.96. The Balaban J connectivity index is 2.94. The average molecular weight is 182 g/mol. The van der Waals surface area contributed by atoms with Gasteiger partial charge in [-0.15, -0.1) is 0 Å². The molecule has 0 aromatic carbocycles. The maximum absolute atomic E-state index is 12.1. The van der Waals surface area contributed by atoms with Gasteiger partial charge in [0.2, 0.25) is 0 Å². The molecule has 1 fully saturated rings. The zero-order chi connectivity index (χ0) is 10.3. The minimum Gasteiger partial charge on any atom is -0.633 e. The molecule has 1 saturated heterocycles. The summed E-state index contributed by atoms with van der Waals surface area (Å²) in [5.74, 6) is 0.226. The Hall–Kier alpha value is -0.590. The number of hydrogen-bond acceptors (Lipinski definition) is 2. The summed E-state index contributed by atoms with van der Waals surface area (Å²) < 4.78 is -0.216. The largest absolute Gasteiger partial charge is 0.633 e. The molecule has 0 amide bonds. The van der Waals surface area contributed by atoms with Gasteiger partial charge in [-0.05, 0) is 13.8 Å². The van der Waals surface area contributed by atoms with E-state index in [2.05, 4.69) is 6.07 Å². The van der Waals surface area contributed by atoms with E-state index in [-0.39, 0.29) is 22.0 Å². The second-order valence-electron chi connectivity index (χ2n) is 4.79. The van der Waals surface area contributed by atoms with Crippen molar-refractivity contribution in [1.82, 2.24) is 0 Å². The number of likely N-dealkylation sites (tertiary alicyclic amines) is 1. The number of piperidine rings is 1. The lowest BCUT2D eigenvalue weighted by molar-refractivity contribution is -0.921. The maximum Gasteiger partial charge on any atom is 0.0969 e. The highest BCUT2D eigenvalue weighted by Gasteiger charge is 2.46.